The number of rotatable bonds is 8. The Morgan fingerprint density at radius 2 is 2.03 bits per heavy atom. The zero-order valence-electron chi connectivity index (χ0n) is 16.8. The Morgan fingerprint density at radius 3 is 2.76 bits per heavy atom. The van der Waals surface area contributed by atoms with E-state index in [0.717, 1.165) is 24.1 Å². The first-order valence-corrected chi connectivity index (χ1v) is 9.99. The van der Waals surface area contributed by atoms with Crippen molar-refractivity contribution < 1.29 is 14.3 Å². The fourth-order valence-corrected chi connectivity index (χ4v) is 3.34. The summed E-state index contributed by atoms with van der Waals surface area (Å²) in [6, 6.07) is 12.1. The van der Waals surface area contributed by atoms with Crippen molar-refractivity contribution >= 4 is 11.8 Å². The van der Waals surface area contributed by atoms with Crippen molar-refractivity contribution in [3.63, 3.8) is 0 Å². The number of carbonyl (C=O) groups excluding carboxylic acids is 2. The summed E-state index contributed by atoms with van der Waals surface area (Å²) >= 11 is 0. The van der Waals surface area contributed by atoms with Crippen molar-refractivity contribution in [2.45, 2.75) is 25.9 Å². The van der Waals surface area contributed by atoms with Gasteiger partial charge in [-0.25, -0.2) is 0 Å². The van der Waals surface area contributed by atoms with Gasteiger partial charge in [0.2, 0.25) is 11.8 Å². The van der Waals surface area contributed by atoms with Gasteiger partial charge in [0.05, 0.1) is 6.04 Å². The number of hydrogen-bond donors (Lipinski definition) is 2. The van der Waals surface area contributed by atoms with Crippen molar-refractivity contribution in [1.82, 2.24) is 20.5 Å². The van der Waals surface area contributed by atoms with Gasteiger partial charge in [-0.15, -0.1) is 0 Å². The molecule has 29 heavy (non-hydrogen) atoms. The normalized spacial score (nSPS) is 16.4. The lowest BCUT2D eigenvalue weighted by atomic mass is 10.0. The highest BCUT2D eigenvalue weighted by Crippen LogP contribution is 2.23. The molecule has 1 saturated heterocycles. The quantitative estimate of drug-likeness (QED) is 0.706. The number of aryl methyl sites for hydroxylation is 1. The Labute approximate surface area is 171 Å². The highest BCUT2D eigenvalue weighted by molar-refractivity contribution is 5.80. The Balaban J connectivity index is 1.47. The van der Waals surface area contributed by atoms with Crippen LogP contribution >= 0.6 is 0 Å². The van der Waals surface area contributed by atoms with E-state index in [1.165, 1.54) is 5.56 Å². The highest BCUT2D eigenvalue weighted by Gasteiger charge is 2.27. The molecule has 7 nitrogen and oxygen atoms in total. The maximum Gasteiger partial charge on any atom is 0.249 e. The van der Waals surface area contributed by atoms with Crippen molar-refractivity contribution in [1.29, 1.82) is 0 Å². The highest BCUT2D eigenvalue weighted by atomic mass is 16.5. The average Bonchev–Trinajstić information content (AvgIpc) is 2.78. The predicted octanol–water partition coefficient (Wildman–Crippen LogP) is 1.45. The molecule has 1 aliphatic rings. The zero-order valence-corrected chi connectivity index (χ0v) is 16.8. The van der Waals surface area contributed by atoms with Crippen LogP contribution in [0.15, 0.2) is 48.8 Å². The van der Waals surface area contributed by atoms with Crippen LogP contribution in [-0.4, -0.2) is 54.5 Å². The molecule has 3 rings (SSSR count). The van der Waals surface area contributed by atoms with E-state index in [0.29, 0.717) is 19.6 Å². The molecular weight excluding hydrogens is 368 g/mol. The van der Waals surface area contributed by atoms with Crippen LogP contribution in [0.4, 0.5) is 0 Å². The Hall–Kier alpha value is -2.77. The summed E-state index contributed by atoms with van der Waals surface area (Å²) in [5.74, 6) is -0.357. The molecule has 154 valence electrons. The molecule has 1 unspecified atom stereocenters. The lowest BCUT2D eigenvalue weighted by Crippen LogP contribution is -2.50. The van der Waals surface area contributed by atoms with E-state index in [4.69, 9.17) is 4.74 Å². The second-order valence-electron chi connectivity index (χ2n) is 7.03. The number of pyridine rings is 1. The number of aromatic nitrogens is 1. The predicted molar refractivity (Wildman–Crippen MR) is 110 cm³/mol. The van der Waals surface area contributed by atoms with E-state index in [1.807, 2.05) is 17.0 Å². The second kappa shape index (κ2) is 10.7. The summed E-state index contributed by atoms with van der Waals surface area (Å²) in [6.45, 7) is 4.34. The number of ether oxygens (including phenoxy) is 1. The van der Waals surface area contributed by atoms with E-state index in [1.54, 1.807) is 12.4 Å². The number of amides is 2. The monoisotopic (exact) mass is 396 g/mol. The van der Waals surface area contributed by atoms with Gasteiger partial charge < -0.3 is 20.3 Å². The van der Waals surface area contributed by atoms with Gasteiger partial charge in [0.25, 0.3) is 0 Å². The molecule has 7 heteroatoms. The molecule has 0 aliphatic carbocycles. The largest absolute Gasteiger partial charge is 0.362 e. The number of carbonyl (C=O) groups is 2. The molecule has 0 bridgehead atoms. The molecule has 1 fully saturated rings. The first-order chi connectivity index (χ1) is 14.2. The molecule has 2 heterocycles. The second-order valence-corrected chi connectivity index (χ2v) is 7.03. The van der Waals surface area contributed by atoms with Crippen molar-refractivity contribution in [2.24, 2.45) is 0 Å². The lowest BCUT2D eigenvalue weighted by Gasteiger charge is -2.36. The first kappa shape index (κ1) is 21.0. The lowest BCUT2D eigenvalue weighted by molar-refractivity contribution is -0.141. The van der Waals surface area contributed by atoms with Crippen LogP contribution < -0.4 is 10.6 Å². The van der Waals surface area contributed by atoms with Gasteiger partial charge >= 0.3 is 0 Å². The molecule has 2 N–H and O–H groups in total. The van der Waals surface area contributed by atoms with Crippen LogP contribution in [0.3, 0.4) is 0 Å². The van der Waals surface area contributed by atoms with E-state index < -0.39 is 0 Å². The van der Waals surface area contributed by atoms with Crippen LogP contribution in [0, 0.1) is 0 Å². The fraction of sp³-hybridized carbons (Fsp3) is 0.409. The van der Waals surface area contributed by atoms with Crippen LogP contribution in [0.1, 0.15) is 29.7 Å². The van der Waals surface area contributed by atoms with E-state index in [9.17, 15) is 9.59 Å². The van der Waals surface area contributed by atoms with Crippen LogP contribution in [0.2, 0.25) is 0 Å². The maximum atomic E-state index is 12.7. The molecule has 0 radical (unpaired) electrons. The van der Waals surface area contributed by atoms with E-state index in [-0.39, 0.29) is 31.1 Å². The van der Waals surface area contributed by atoms with E-state index in [2.05, 4.69) is 46.8 Å². The fourth-order valence-electron chi connectivity index (χ4n) is 3.34. The molecule has 1 aliphatic heterocycles. The molecule has 0 saturated carbocycles. The molecule has 1 atom stereocenters. The number of hydrogen-bond acceptors (Lipinski definition) is 5. The zero-order chi connectivity index (χ0) is 20.5. The summed E-state index contributed by atoms with van der Waals surface area (Å²) in [5.41, 5.74) is 3.29. The van der Waals surface area contributed by atoms with Gasteiger partial charge in [0.1, 0.15) is 13.2 Å². The van der Waals surface area contributed by atoms with Crippen molar-refractivity contribution in [3.8, 4) is 0 Å². The molecule has 2 aromatic rings. The third kappa shape index (κ3) is 6.10. The first-order valence-electron chi connectivity index (χ1n) is 9.99. The van der Waals surface area contributed by atoms with Crippen molar-refractivity contribution in [2.75, 3.05) is 32.8 Å². The topological polar surface area (TPSA) is 83.6 Å². The van der Waals surface area contributed by atoms with Gasteiger partial charge in [0, 0.05) is 38.6 Å². The minimum Gasteiger partial charge on any atom is -0.362 e. The summed E-state index contributed by atoms with van der Waals surface area (Å²) < 4.78 is 5.38. The Bertz CT molecular complexity index is 795. The number of nitrogens with zero attached hydrogens (tertiary/aromatic N) is 2. The van der Waals surface area contributed by atoms with Gasteiger partial charge in [0.15, 0.2) is 0 Å². The van der Waals surface area contributed by atoms with Crippen LogP contribution in [-0.2, 0) is 27.3 Å². The minimum absolute atomic E-state index is 0.0230. The molecule has 2 amide bonds. The minimum atomic E-state index is -0.256. The van der Waals surface area contributed by atoms with Gasteiger partial charge in [-0.1, -0.05) is 37.3 Å². The van der Waals surface area contributed by atoms with Crippen molar-refractivity contribution in [3.05, 3.63) is 65.5 Å². The van der Waals surface area contributed by atoms with Gasteiger partial charge in [-0.2, -0.15) is 0 Å². The Kier molecular flexibility index (Phi) is 7.72. The SMILES string of the molecule is CCc1ccc(C2CNCCN2C(=O)COCC(=O)NCc2cccnc2)cc1. The third-order valence-electron chi connectivity index (χ3n) is 5.01. The van der Waals surface area contributed by atoms with E-state index >= 15 is 0 Å². The Morgan fingerprint density at radius 1 is 1.21 bits per heavy atom. The number of piperazine rings is 1. The molecular formula is C22H28N4O3. The van der Waals surface area contributed by atoms with Gasteiger partial charge in [-0.3, -0.25) is 14.6 Å². The maximum absolute atomic E-state index is 12.7. The molecule has 0 spiro atoms. The average molecular weight is 396 g/mol. The third-order valence-corrected chi connectivity index (χ3v) is 5.01. The standard InChI is InChI=1S/C22H28N4O3/c1-2-17-5-7-19(8-6-17)20-14-24-10-11-26(20)22(28)16-29-15-21(27)25-13-18-4-3-9-23-12-18/h3-9,12,20,24H,2,10-11,13-16H2,1H3,(H,25,27). The summed E-state index contributed by atoms with van der Waals surface area (Å²) in [7, 11) is 0. The summed E-state index contributed by atoms with van der Waals surface area (Å²) in [4.78, 5) is 30.5. The smallest absolute Gasteiger partial charge is 0.249 e. The van der Waals surface area contributed by atoms with Gasteiger partial charge in [-0.05, 0) is 29.2 Å². The molecule has 1 aromatic heterocycles. The van der Waals surface area contributed by atoms with Crippen LogP contribution in [0.25, 0.3) is 0 Å². The number of benzene rings is 1. The van der Waals surface area contributed by atoms with Crippen LogP contribution in [0.5, 0.6) is 0 Å². The summed E-state index contributed by atoms with van der Waals surface area (Å²) in [5, 5.41) is 6.11. The summed E-state index contributed by atoms with van der Waals surface area (Å²) in [6.07, 6.45) is 4.37. The number of nitrogens with one attached hydrogen (secondary N) is 2. The molecule has 1 aromatic carbocycles.